The van der Waals surface area contributed by atoms with Crippen molar-refractivity contribution in [2.24, 2.45) is 0 Å². The summed E-state index contributed by atoms with van der Waals surface area (Å²) >= 11 is 6.80. The zero-order valence-electron chi connectivity index (χ0n) is 15.2. The molecule has 0 aromatic heterocycles. The maximum absolute atomic E-state index is 12.3. The Morgan fingerprint density at radius 2 is 1.75 bits per heavy atom. The van der Waals surface area contributed by atoms with Crippen LogP contribution in [0.2, 0.25) is 0 Å². The minimum absolute atomic E-state index is 0.0462. The number of thioether (sulfide) groups is 1. The van der Waals surface area contributed by atoms with Crippen molar-refractivity contribution in [3.63, 3.8) is 0 Å². The maximum Gasteiger partial charge on any atom is 0.234 e. The molecule has 1 heterocycles. The Labute approximate surface area is 155 Å². The van der Waals surface area contributed by atoms with Gasteiger partial charge in [0, 0.05) is 45.3 Å². The number of hydrogen-bond acceptors (Lipinski definition) is 5. The van der Waals surface area contributed by atoms with Crippen molar-refractivity contribution in [2.45, 2.75) is 33.7 Å². The van der Waals surface area contributed by atoms with E-state index < -0.39 is 0 Å². The number of carbonyl (C=O) groups excluding carboxylic acids is 2. The first-order valence-electron chi connectivity index (χ1n) is 8.58. The van der Waals surface area contributed by atoms with E-state index >= 15 is 0 Å². The van der Waals surface area contributed by atoms with Crippen LogP contribution in [0.5, 0.6) is 0 Å². The van der Waals surface area contributed by atoms with Gasteiger partial charge in [-0.25, -0.2) is 0 Å². The van der Waals surface area contributed by atoms with E-state index in [2.05, 4.69) is 29.0 Å². The molecule has 1 N–H and O–H groups in total. The third kappa shape index (κ3) is 7.36. The zero-order chi connectivity index (χ0) is 18.1. The van der Waals surface area contributed by atoms with Gasteiger partial charge in [0.2, 0.25) is 11.8 Å². The molecule has 0 saturated carbocycles. The number of thiocarbonyl (C=S) groups is 1. The fourth-order valence-corrected chi connectivity index (χ4v) is 3.82. The van der Waals surface area contributed by atoms with Gasteiger partial charge in [-0.15, -0.1) is 0 Å². The Bertz CT molecular complexity index is 434. The van der Waals surface area contributed by atoms with Crippen LogP contribution in [0, 0.1) is 0 Å². The highest BCUT2D eigenvalue weighted by Gasteiger charge is 2.23. The van der Waals surface area contributed by atoms with Crippen LogP contribution in [-0.4, -0.2) is 88.4 Å². The number of amides is 2. The molecule has 0 bridgehead atoms. The molecule has 1 aliphatic heterocycles. The summed E-state index contributed by atoms with van der Waals surface area (Å²) in [4.78, 5) is 30.1. The van der Waals surface area contributed by atoms with Crippen molar-refractivity contribution in [1.29, 1.82) is 0 Å². The molecule has 0 spiro atoms. The lowest BCUT2D eigenvalue weighted by Gasteiger charge is -2.34. The van der Waals surface area contributed by atoms with E-state index in [-0.39, 0.29) is 17.9 Å². The second-order valence-electron chi connectivity index (χ2n) is 6.11. The predicted molar refractivity (Wildman–Crippen MR) is 104 cm³/mol. The summed E-state index contributed by atoms with van der Waals surface area (Å²) in [7, 11) is 0. The van der Waals surface area contributed by atoms with Crippen molar-refractivity contribution in [1.82, 2.24) is 20.0 Å². The predicted octanol–water partition coefficient (Wildman–Crippen LogP) is 1.02. The lowest BCUT2D eigenvalue weighted by atomic mass is 10.3. The lowest BCUT2D eigenvalue weighted by molar-refractivity contribution is -0.130. The number of piperazine rings is 1. The van der Waals surface area contributed by atoms with Crippen LogP contribution in [0.3, 0.4) is 0 Å². The highest BCUT2D eigenvalue weighted by Crippen LogP contribution is 2.12. The summed E-state index contributed by atoms with van der Waals surface area (Å²) in [6.45, 7) is 13.0. The molecular weight excluding hydrogens is 344 g/mol. The van der Waals surface area contributed by atoms with E-state index in [0.717, 1.165) is 30.5 Å². The molecule has 1 fully saturated rings. The van der Waals surface area contributed by atoms with Gasteiger partial charge in [-0.05, 0) is 27.7 Å². The smallest absolute Gasteiger partial charge is 0.234 e. The van der Waals surface area contributed by atoms with Crippen LogP contribution in [0.15, 0.2) is 0 Å². The number of rotatable bonds is 7. The molecule has 0 aliphatic carbocycles. The molecule has 0 unspecified atom stereocenters. The molecule has 138 valence electrons. The highest BCUT2D eigenvalue weighted by molar-refractivity contribution is 8.23. The molecule has 1 rings (SSSR count). The second kappa shape index (κ2) is 10.9. The lowest BCUT2D eigenvalue weighted by Crippen LogP contribution is -2.52. The first-order chi connectivity index (χ1) is 11.4. The number of nitrogens with one attached hydrogen (secondary N) is 1. The Morgan fingerprint density at radius 1 is 1.17 bits per heavy atom. The molecule has 0 aromatic rings. The number of nitrogens with zero attached hydrogens (tertiary/aromatic N) is 3. The molecule has 2 amide bonds. The minimum Gasteiger partial charge on any atom is -0.358 e. The van der Waals surface area contributed by atoms with E-state index in [0.29, 0.717) is 25.4 Å². The monoisotopic (exact) mass is 374 g/mol. The fraction of sp³-hybridized carbons (Fsp3) is 0.812. The SMILES string of the molecule is CCN(CC)C(=S)SCC(=O)N1CCN(CC(=O)NC(C)C)CC1. The fourth-order valence-electron chi connectivity index (χ4n) is 2.51. The van der Waals surface area contributed by atoms with Crippen molar-refractivity contribution in [3.8, 4) is 0 Å². The van der Waals surface area contributed by atoms with Crippen LogP contribution < -0.4 is 5.32 Å². The summed E-state index contributed by atoms with van der Waals surface area (Å²) in [6.07, 6.45) is 0. The van der Waals surface area contributed by atoms with Gasteiger partial charge in [0.15, 0.2) is 0 Å². The van der Waals surface area contributed by atoms with Gasteiger partial charge in [0.25, 0.3) is 0 Å². The molecule has 6 nitrogen and oxygen atoms in total. The third-order valence-electron chi connectivity index (χ3n) is 3.88. The largest absolute Gasteiger partial charge is 0.358 e. The topological polar surface area (TPSA) is 55.9 Å². The van der Waals surface area contributed by atoms with Crippen LogP contribution in [-0.2, 0) is 9.59 Å². The van der Waals surface area contributed by atoms with Crippen molar-refractivity contribution in [3.05, 3.63) is 0 Å². The number of hydrogen-bond donors (Lipinski definition) is 1. The van der Waals surface area contributed by atoms with Gasteiger partial charge in [-0.1, -0.05) is 24.0 Å². The van der Waals surface area contributed by atoms with E-state index in [9.17, 15) is 9.59 Å². The van der Waals surface area contributed by atoms with E-state index in [1.807, 2.05) is 18.7 Å². The van der Waals surface area contributed by atoms with Crippen LogP contribution in [0.4, 0.5) is 0 Å². The van der Waals surface area contributed by atoms with Gasteiger partial charge >= 0.3 is 0 Å². The molecule has 0 aromatic carbocycles. The molecule has 24 heavy (non-hydrogen) atoms. The standard InChI is InChI=1S/C16H30N4O2S2/c1-5-19(6-2)16(23)24-12-15(22)20-9-7-18(8-10-20)11-14(21)17-13(3)4/h13H,5-12H2,1-4H3,(H,17,21). The zero-order valence-corrected chi connectivity index (χ0v) is 16.8. The van der Waals surface area contributed by atoms with Gasteiger partial charge in [-0.3, -0.25) is 14.5 Å². The van der Waals surface area contributed by atoms with Crippen LogP contribution in [0.1, 0.15) is 27.7 Å². The summed E-state index contributed by atoms with van der Waals surface area (Å²) in [6, 6.07) is 0.159. The van der Waals surface area contributed by atoms with E-state index in [1.165, 1.54) is 11.8 Å². The normalized spacial score (nSPS) is 15.5. The molecule has 0 radical (unpaired) electrons. The van der Waals surface area contributed by atoms with Gasteiger partial charge in [0.05, 0.1) is 12.3 Å². The molecule has 8 heteroatoms. The molecule has 1 aliphatic rings. The van der Waals surface area contributed by atoms with Crippen LogP contribution in [0.25, 0.3) is 0 Å². The molecule has 1 saturated heterocycles. The highest BCUT2D eigenvalue weighted by atomic mass is 32.2. The van der Waals surface area contributed by atoms with Crippen molar-refractivity contribution >= 4 is 40.1 Å². The van der Waals surface area contributed by atoms with Crippen molar-refractivity contribution in [2.75, 3.05) is 51.6 Å². The summed E-state index contributed by atoms with van der Waals surface area (Å²) in [5.41, 5.74) is 0. The summed E-state index contributed by atoms with van der Waals surface area (Å²) in [5, 5.41) is 2.89. The minimum atomic E-state index is 0.0462. The average molecular weight is 375 g/mol. The summed E-state index contributed by atoms with van der Waals surface area (Å²) in [5.74, 6) is 0.564. The first kappa shape index (κ1) is 21.2. The first-order valence-corrected chi connectivity index (χ1v) is 9.97. The van der Waals surface area contributed by atoms with Crippen molar-refractivity contribution < 1.29 is 9.59 Å². The Morgan fingerprint density at radius 3 is 2.25 bits per heavy atom. The van der Waals surface area contributed by atoms with E-state index in [4.69, 9.17) is 12.2 Å². The second-order valence-corrected chi connectivity index (χ2v) is 7.72. The maximum atomic E-state index is 12.3. The Hall–Kier alpha value is -0.860. The van der Waals surface area contributed by atoms with Gasteiger partial charge in [0.1, 0.15) is 4.32 Å². The van der Waals surface area contributed by atoms with Gasteiger partial charge < -0.3 is 15.1 Å². The third-order valence-corrected chi connectivity index (χ3v) is 5.39. The summed E-state index contributed by atoms with van der Waals surface area (Å²) < 4.78 is 0.789. The molecule has 0 atom stereocenters. The van der Waals surface area contributed by atoms with Gasteiger partial charge in [-0.2, -0.15) is 0 Å². The Kier molecular flexibility index (Phi) is 9.61. The van der Waals surface area contributed by atoms with Crippen LogP contribution >= 0.6 is 24.0 Å². The number of carbonyl (C=O) groups is 2. The quantitative estimate of drug-likeness (QED) is 0.672. The molecular formula is C16H30N4O2S2. The Balaban J connectivity index is 2.30. The van der Waals surface area contributed by atoms with E-state index in [1.54, 1.807) is 0 Å². The average Bonchev–Trinajstić information content (AvgIpc) is 2.53.